The number of halogens is 6. The highest BCUT2D eigenvalue weighted by Crippen LogP contribution is 2.33. The molecule has 8 heteroatoms. The highest BCUT2D eigenvalue weighted by Gasteiger charge is 2.34. The second-order valence-electron chi connectivity index (χ2n) is 2.84. The highest BCUT2D eigenvalue weighted by atomic mass is 79.9. The van der Waals surface area contributed by atoms with E-state index < -0.39 is 24.2 Å². The highest BCUT2D eigenvalue weighted by molar-refractivity contribution is 9.10. The summed E-state index contributed by atoms with van der Waals surface area (Å²) in [7, 11) is 0. The van der Waals surface area contributed by atoms with Gasteiger partial charge >= 0.3 is 6.36 Å². The number of nitrogens with zero attached hydrogens (tertiary/aromatic N) is 1. The summed E-state index contributed by atoms with van der Waals surface area (Å²) in [5.41, 5.74) is -0.595. The third-order valence-corrected chi connectivity index (χ3v) is 2.39. The number of aromatic nitrogens is 1. The van der Waals surface area contributed by atoms with Gasteiger partial charge in [-0.15, -0.1) is 13.2 Å². The molecule has 0 saturated carbocycles. The van der Waals surface area contributed by atoms with Crippen molar-refractivity contribution in [2.45, 2.75) is 19.7 Å². The van der Waals surface area contributed by atoms with E-state index in [0.29, 0.717) is 5.56 Å². The fraction of sp³-hybridized carbons (Fsp3) is 0.375. The maximum Gasteiger partial charge on any atom is 0.574 e. The molecular weight excluding hydrogens is 301 g/mol. The van der Waals surface area contributed by atoms with E-state index >= 15 is 0 Å². The summed E-state index contributed by atoms with van der Waals surface area (Å²) in [4.78, 5) is 3.27. The van der Waals surface area contributed by atoms with Crippen LogP contribution in [0.5, 0.6) is 5.88 Å². The van der Waals surface area contributed by atoms with Crippen LogP contribution in [0.15, 0.2) is 10.7 Å². The van der Waals surface area contributed by atoms with Crippen molar-refractivity contribution in [1.82, 2.24) is 4.98 Å². The SMILES string of the molecule is Cc1cc(C(F)F)c(OC(F)(F)F)nc1Br. The Bertz CT molecular complexity index is 393. The van der Waals surface area contributed by atoms with Crippen molar-refractivity contribution in [2.75, 3.05) is 0 Å². The largest absolute Gasteiger partial charge is 0.574 e. The van der Waals surface area contributed by atoms with Gasteiger partial charge in [0.15, 0.2) is 0 Å². The van der Waals surface area contributed by atoms with Crippen molar-refractivity contribution in [1.29, 1.82) is 0 Å². The van der Waals surface area contributed by atoms with Crippen LogP contribution in [0.3, 0.4) is 0 Å². The van der Waals surface area contributed by atoms with E-state index in [0.717, 1.165) is 6.07 Å². The molecule has 1 aromatic rings. The molecule has 2 nitrogen and oxygen atoms in total. The topological polar surface area (TPSA) is 22.1 Å². The number of rotatable bonds is 2. The number of hydrogen-bond donors (Lipinski definition) is 0. The van der Waals surface area contributed by atoms with Crippen LogP contribution in [0, 0.1) is 6.92 Å². The van der Waals surface area contributed by atoms with Crippen LogP contribution in [0.2, 0.25) is 0 Å². The minimum Gasteiger partial charge on any atom is -0.387 e. The minimum absolute atomic E-state index is 0.0242. The predicted molar refractivity (Wildman–Crippen MR) is 48.3 cm³/mol. The number of aryl methyl sites for hydroxylation is 1. The molecule has 0 bridgehead atoms. The number of alkyl halides is 5. The smallest absolute Gasteiger partial charge is 0.387 e. The number of pyridine rings is 1. The maximum absolute atomic E-state index is 12.4. The van der Waals surface area contributed by atoms with Crippen LogP contribution in [-0.4, -0.2) is 11.3 Å². The molecule has 0 N–H and O–H groups in total. The molecular formula is C8H5BrF5NO. The second-order valence-corrected chi connectivity index (χ2v) is 3.59. The monoisotopic (exact) mass is 305 g/mol. The van der Waals surface area contributed by atoms with Gasteiger partial charge in [-0.2, -0.15) is 0 Å². The van der Waals surface area contributed by atoms with E-state index in [-0.39, 0.29) is 4.60 Å². The Morgan fingerprint density at radius 3 is 2.38 bits per heavy atom. The summed E-state index contributed by atoms with van der Waals surface area (Å²) in [6, 6.07) is 0.892. The molecule has 0 atom stereocenters. The summed E-state index contributed by atoms with van der Waals surface area (Å²) in [6.07, 6.45) is -8.14. The predicted octanol–water partition coefficient (Wildman–Crippen LogP) is 3.99. The lowest BCUT2D eigenvalue weighted by atomic mass is 10.2. The third kappa shape index (κ3) is 3.29. The van der Waals surface area contributed by atoms with Crippen molar-refractivity contribution < 1.29 is 26.7 Å². The first-order valence-electron chi connectivity index (χ1n) is 3.91. The van der Waals surface area contributed by atoms with Gasteiger partial charge in [0.2, 0.25) is 5.88 Å². The minimum atomic E-state index is -5.05. The quantitative estimate of drug-likeness (QED) is 0.609. The molecule has 1 rings (SSSR count). The molecule has 0 aliphatic heterocycles. The Hall–Kier alpha value is -0.920. The van der Waals surface area contributed by atoms with Gasteiger partial charge in [0, 0.05) is 0 Å². The van der Waals surface area contributed by atoms with E-state index in [9.17, 15) is 22.0 Å². The fourth-order valence-electron chi connectivity index (χ4n) is 0.944. The van der Waals surface area contributed by atoms with Crippen molar-refractivity contribution in [2.24, 2.45) is 0 Å². The summed E-state index contributed by atoms with van der Waals surface area (Å²) in [5, 5.41) is 0. The molecule has 1 heterocycles. The molecule has 1 aromatic heterocycles. The summed E-state index contributed by atoms with van der Waals surface area (Å²) in [5.74, 6) is -1.14. The average molecular weight is 306 g/mol. The first-order valence-corrected chi connectivity index (χ1v) is 4.71. The first kappa shape index (κ1) is 13.1. The molecule has 0 saturated heterocycles. The van der Waals surface area contributed by atoms with E-state index in [4.69, 9.17) is 0 Å². The molecule has 0 fully saturated rings. The van der Waals surface area contributed by atoms with Gasteiger partial charge < -0.3 is 4.74 Å². The lowest BCUT2D eigenvalue weighted by Gasteiger charge is -2.13. The first-order chi connectivity index (χ1) is 7.20. The van der Waals surface area contributed by atoms with Gasteiger partial charge in [-0.1, -0.05) is 0 Å². The van der Waals surface area contributed by atoms with E-state index in [1.54, 1.807) is 0 Å². The van der Waals surface area contributed by atoms with Gasteiger partial charge in [0.25, 0.3) is 6.43 Å². The zero-order valence-corrected chi connectivity index (χ0v) is 9.36. The van der Waals surface area contributed by atoms with Gasteiger partial charge in [-0.3, -0.25) is 0 Å². The zero-order valence-electron chi connectivity index (χ0n) is 7.78. The maximum atomic E-state index is 12.4. The molecule has 16 heavy (non-hydrogen) atoms. The van der Waals surface area contributed by atoms with Gasteiger partial charge in [-0.25, -0.2) is 13.8 Å². The van der Waals surface area contributed by atoms with Gasteiger partial charge in [-0.05, 0) is 34.5 Å². The Kier molecular flexibility index (Phi) is 3.72. The van der Waals surface area contributed by atoms with Crippen molar-refractivity contribution in [3.63, 3.8) is 0 Å². The number of ether oxygens (including phenoxy) is 1. The van der Waals surface area contributed by atoms with Crippen molar-refractivity contribution in [3.05, 3.63) is 21.8 Å². The van der Waals surface area contributed by atoms with Gasteiger partial charge in [0.05, 0.1) is 5.56 Å². The van der Waals surface area contributed by atoms with Crippen molar-refractivity contribution in [3.8, 4) is 5.88 Å². The van der Waals surface area contributed by atoms with E-state index in [1.807, 2.05) is 0 Å². The van der Waals surface area contributed by atoms with E-state index in [1.165, 1.54) is 6.92 Å². The van der Waals surface area contributed by atoms with Crippen LogP contribution < -0.4 is 4.74 Å². The summed E-state index contributed by atoms with van der Waals surface area (Å²) in [6.45, 7) is 1.43. The molecule has 0 aliphatic rings. The third-order valence-electron chi connectivity index (χ3n) is 1.59. The van der Waals surface area contributed by atoms with Crippen molar-refractivity contribution >= 4 is 15.9 Å². The normalized spacial score (nSPS) is 12.0. The molecule has 0 aliphatic carbocycles. The van der Waals surface area contributed by atoms with Crippen LogP contribution in [0.1, 0.15) is 17.6 Å². The Morgan fingerprint density at radius 1 is 1.38 bits per heavy atom. The molecule has 0 aromatic carbocycles. The Morgan fingerprint density at radius 2 is 1.94 bits per heavy atom. The van der Waals surface area contributed by atoms with Crippen LogP contribution in [0.25, 0.3) is 0 Å². The lowest BCUT2D eigenvalue weighted by molar-refractivity contribution is -0.276. The van der Waals surface area contributed by atoms with E-state index in [2.05, 4.69) is 25.7 Å². The molecule has 0 spiro atoms. The van der Waals surface area contributed by atoms with Crippen LogP contribution in [0.4, 0.5) is 22.0 Å². The average Bonchev–Trinajstić information content (AvgIpc) is 2.07. The Labute approximate surface area is 95.6 Å². The molecule has 0 amide bonds. The molecule has 0 unspecified atom stereocenters. The Balaban J connectivity index is 3.20. The second kappa shape index (κ2) is 4.52. The van der Waals surface area contributed by atoms with Crippen LogP contribution >= 0.6 is 15.9 Å². The van der Waals surface area contributed by atoms with Crippen LogP contribution in [-0.2, 0) is 0 Å². The number of hydrogen-bond acceptors (Lipinski definition) is 2. The molecule has 0 radical (unpaired) electrons. The lowest BCUT2D eigenvalue weighted by Crippen LogP contribution is -2.19. The standard InChI is InChI=1S/C8H5BrF5NO/c1-3-2-4(6(10)11)7(15-5(3)9)16-8(12,13)14/h2,6H,1H3. The zero-order chi connectivity index (χ0) is 12.5. The van der Waals surface area contributed by atoms with Gasteiger partial charge in [0.1, 0.15) is 4.60 Å². The fourth-order valence-corrected chi connectivity index (χ4v) is 1.22. The summed E-state index contributed by atoms with van der Waals surface area (Å²) < 4.78 is 63.9. The summed E-state index contributed by atoms with van der Waals surface area (Å²) >= 11 is 2.83. The molecule has 90 valence electrons.